The second-order valence-electron chi connectivity index (χ2n) is 16.3. The molecule has 1 aliphatic carbocycles. The SMILES string of the molecule is C#CCCC[C@H](C(=O)[C@@H](NC(=O)OCC1c2ccccc2-c2ccccc21)C(C)C)[C@H](C)C(=O)N(C)[C@H](C(=O)O[C@H](C(=O)O[C@H](C(=O)O)C(C)C)C(C)C)C(C)C. The lowest BCUT2D eigenvalue weighted by Gasteiger charge is -2.35. The van der Waals surface area contributed by atoms with Crippen LogP contribution in [0.25, 0.3) is 11.1 Å². The second kappa shape index (κ2) is 20.8. The summed E-state index contributed by atoms with van der Waals surface area (Å²) in [6.07, 6.45) is 2.95. The molecule has 6 atom stereocenters. The maximum atomic E-state index is 14.4. The number of Topliss-reactive ketones (excluding diaryl/α,β-unsaturated/α-hetero) is 1. The Hall–Kier alpha value is -5.18. The number of ketones is 1. The molecule has 0 radical (unpaired) electrons. The third kappa shape index (κ3) is 11.5. The molecule has 0 saturated heterocycles. The monoisotopic (exact) mass is 788 g/mol. The van der Waals surface area contributed by atoms with Gasteiger partial charge in [0.25, 0.3) is 0 Å². The van der Waals surface area contributed by atoms with Gasteiger partial charge in [0, 0.05) is 43.1 Å². The Kier molecular flexibility index (Phi) is 16.9. The van der Waals surface area contributed by atoms with E-state index in [-0.39, 0.29) is 30.6 Å². The van der Waals surface area contributed by atoms with Gasteiger partial charge in [0.05, 0.1) is 6.04 Å². The van der Waals surface area contributed by atoms with Crippen LogP contribution in [0.1, 0.15) is 98.6 Å². The van der Waals surface area contributed by atoms with E-state index in [1.165, 1.54) is 11.9 Å². The van der Waals surface area contributed by atoms with Crippen LogP contribution in [0, 0.1) is 47.9 Å². The molecule has 2 aromatic rings. The van der Waals surface area contributed by atoms with Crippen molar-refractivity contribution >= 4 is 35.7 Å². The van der Waals surface area contributed by atoms with Crippen LogP contribution >= 0.6 is 0 Å². The molecule has 2 N–H and O–H groups in total. The molecule has 0 aromatic heterocycles. The van der Waals surface area contributed by atoms with Crippen LogP contribution in [0.4, 0.5) is 4.79 Å². The number of unbranched alkanes of at least 4 members (excludes halogenated alkanes) is 1. The summed E-state index contributed by atoms with van der Waals surface area (Å²) < 4.78 is 16.7. The number of nitrogens with zero attached hydrogens (tertiary/aromatic N) is 1. The molecule has 0 fully saturated rings. The topological polar surface area (TPSA) is 166 Å². The summed E-state index contributed by atoms with van der Waals surface area (Å²) in [5.41, 5.74) is 4.27. The Balaban J connectivity index is 1.80. The van der Waals surface area contributed by atoms with Gasteiger partial charge >= 0.3 is 24.0 Å². The second-order valence-corrected chi connectivity index (χ2v) is 16.3. The van der Waals surface area contributed by atoms with Gasteiger partial charge in [-0.3, -0.25) is 9.59 Å². The summed E-state index contributed by atoms with van der Waals surface area (Å²) in [5.74, 6) is -5.52. The van der Waals surface area contributed by atoms with Crippen LogP contribution in [0.15, 0.2) is 48.5 Å². The summed E-state index contributed by atoms with van der Waals surface area (Å²) in [4.78, 5) is 81.8. The van der Waals surface area contributed by atoms with Crippen molar-refractivity contribution in [3.8, 4) is 23.5 Å². The van der Waals surface area contributed by atoms with E-state index in [1.54, 1.807) is 62.3 Å². The fraction of sp³-hybridized carbons (Fsp3) is 0.556. The Bertz CT molecular complexity index is 1750. The zero-order valence-corrected chi connectivity index (χ0v) is 34.9. The van der Waals surface area contributed by atoms with Gasteiger partial charge in [-0.05, 0) is 46.9 Å². The van der Waals surface area contributed by atoms with Crippen molar-refractivity contribution in [1.29, 1.82) is 0 Å². The number of alkyl carbamates (subject to hydrolysis) is 1. The molecule has 0 bridgehead atoms. The number of esters is 2. The molecule has 0 saturated carbocycles. The van der Waals surface area contributed by atoms with Crippen LogP contribution in [-0.2, 0) is 38.2 Å². The number of aliphatic carboxylic acids is 1. The largest absolute Gasteiger partial charge is 0.478 e. The summed E-state index contributed by atoms with van der Waals surface area (Å²) in [7, 11) is 1.44. The first-order valence-electron chi connectivity index (χ1n) is 19.8. The highest BCUT2D eigenvalue weighted by Crippen LogP contribution is 2.44. The van der Waals surface area contributed by atoms with E-state index in [2.05, 4.69) is 11.2 Å². The molecule has 0 unspecified atom stereocenters. The van der Waals surface area contributed by atoms with E-state index in [9.17, 15) is 33.9 Å². The standard InChI is InChI=1S/C45H60N2O10/c1-12-13-14-19-30(29(10)41(49)47(11)37(26(4)5)43(52)57-40(28(8)9)44(53)56-39(27(6)7)42(50)51)38(48)36(25(2)3)46-45(54)55-24-35-33-22-17-15-20-31(33)32-21-16-18-23-34(32)35/h1,15-18,20-23,25-30,35-37,39-40H,13-14,19,24H2,2-11H3,(H,46,54)(H,50,51)/t29-,30-,36-,37-,39-,40-/m0/s1. The third-order valence-electron chi connectivity index (χ3n) is 10.6. The molecule has 2 aromatic carbocycles. The minimum Gasteiger partial charge on any atom is -0.478 e. The van der Waals surface area contributed by atoms with Gasteiger partial charge in [-0.15, -0.1) is 12.3 Å². The van der Waals surface area contributed by atoms with Crippen molar-refractivity contribution < 1.29 is 48.1 Å². The maximum Gasteiger partial charge on any atom is 0.407 e. The highest BCUT2D eigenvalue weighted by molar-refractivity contribution is 5.95. The number of rotatable bonds is 20. The molecule has 310 valence electrons. The predicted octanol–water partition coefficient (Wildman–Crippen LogP) is 6.88. The van der Waals surface area contributed by atoms with Gasteiger partial charge in [-0.25, -0.2) is 19.2 Å². The number of hydrogen-bond acceptors (Lipinski definition) is 9. The van der Waals surface area contributed by atoms with Crippen molar-refractivity contribution in [2.75, 3.05) is 13.7 Å². The maximum absolute atomic E-state index is 14.4. The average molecular weight is 789 g/mol. The fourth-order valence-corrected chi connectivity index (χ4v) is 7.45. The molecule has 57 heavy (non-hydrogen) atoms. The molecule has 1 aliphatic rings. The number of carbonyl (C=O) groups is 6. The molecular weight excluding hydrogens is 728 g/mol. The van der Waals surface area contributed by atoms with Gasteiger partial charge in [-0.2, -0.15) is 0 Å². The first-order chi connectivity index (χ1) is 26.8. The Morgan fingerprint density at radius 3 is 1.77 bits per heavy atom. The number of likely N-dealkylation sites (N-methyl/N-ethyl adjacent to an activating group) is 1. The van der Waals surface area contributed by atoms with Crippen LogP contribution in [-0.4, -0.2) is 83.6 Å². The van der Waals surface area contributed by atoms with Gasteiger partial charge in [-0.1, -0.05) is 111 Å². The number of benzene rings is 2. The normalized spacial score (nSPS) is 15.4. The lowest BCUT2D eigenvalue weighted by molar-refractivity contribution is -0.184. The molecule has 0 spiro atoms. The van der Waals surface area contributed by atoms with Crippen molar-refractivity contribution in [2.45, 2.75) is 112 Å². The number of ether oxygens (including phenoxy) is 3. The summed E-state index contributed by atoms with van der Waals surface area (Å²) >= 11 is 0. The number of carboxylic acids is 1. The van der Waals surface area contributed by atoms with Crippen molar-refractivity contribution in [1.82, 2.24) is 10.2 Å². The van der Waals surface area contributed by atoms with E-state index in [4.69, 9.17) is 20.6 Å². The molecule has 3 rings (SSSR count). The van der Waals surface area contributed by atoms with Gasteiger partial charge in [0.2, 0.25) is 18.1 Å². The Morgan fingerprint density at radius 1 is 0.772 bits per heavy atom. The smallest absolute Gasteiger partial charge is 0.407 e. The first kappa shape index (κ1) is 46.2. The molecule has 0 aliphatic heterocycles. The molecule has 12 nitrogen and oxygen atoms in total. The highest BCUT2D eigenvalue weighted by atomic mass is 16.6. The van der Waals surface area contributed by atoms with E-state index in [0.29, 0.717) is 12.8 Å². The minimum atomic E-state index is -1.44. The average Bonchev–Trinajstić information content (AvgIpc) is 3.47. The number of carboxylic acid groups (broad SMARTS) is 1. The van der Waals surface area contributed by atoms with Crippen molar-refractivity contribution in [3.05, 3.63) is 59.7 Å². The van der Waals surface area contributed by atoms with E-state index < -0.39 is 83.8 Å². The van der Waals surface area contributed by atoms with Crippen LogP contribution in [0.5, 0.6) is 0 Å². The third-order valence-corrected chi connectivity index (χ3v) is 10.6. The number of carbonyl (C=O) groups excluding carboxylic acids is 5. The van der Waals surface area contributed by atoms with Gasteiger partial charge < -0.3 is 29.5 Å². The lowest BCUT2D eigenvalue weighted by atomic mass is 9.79. The quantitative estimate of drug-likeness (QED) is 0.0626. The molecule has 2 amide bonds. The minimum absolute atomic E-state index is 0.0596. The summed E-state index contributed by atoms with van der Waals surface area (Å²) in [6.45, 7) is 15.1. The van der Waals surface area contributed by atoms with Crippen molar-refractivity contribution in [3.63, 3.8) is 0 Å². The first-order valence-corrected chi connectivity index (χ1v) is 19.8. The van der Waals surface area contributed by atoms with Crippen LogP contribution < -0.4 is 5.32 Å². The predicted molar refractivity (Wildman–Crippen MR) is 216 cm³/mol. The van der Waals surface area contributed by atoms with Crippen LogP contribution in [0.3, 0.4) is 0 Å². The number of nitrogens with one attached hydrogen (secondary N) is 1. The van der Waals surface area contributed by atoms with Crippen LogP contribution in [0.2, 0.25) is 0 Å². The molecular formula is C45H60N2O10. The fourth-order valence-electron chi connectivity index (χ4n) is 7.45. The number of hydrogen-bond donors (Lipinski definition) is 2. The molecule has 0 heterocycles. The van der Waals surface area contributed by atoms with Crippen molar-refractivity contribution in [2.24, 2.45) is 35.5 Å². The zero-order chi connectivity index (χ0) is 42.7. The number of fused-ring (bicyclic) bond motifs is 3. The van der Waals surface area contributed by atoms with Gasteiger partial charge in [0.15, 0.2) is 5.78 Å². The Labute approximate surface area is 337 Å². The van der Waals surface area contributed by atoms with E-state index in [1.807, 2.05) is 48.5 Å². The van der Waals surface area contributed by atoms with Gasteiger partial charge in [0.1, 0.15) is 12.6 Å². The summed E-state index contributed by atoms with van der Waals surface area (Å²) in [5, 5.41) is 12.3. The lowest BCUT2D eigenvalue weighted by Crippen LogP contribution is -2.53. The highest BCUT2D eigenvalue weighted by Gasteiger charge is 2.42. The van der Waals surface area contributed by atoms with E-state index >= 15 is 0 Å². The summed E-state index contributed by atoms with van der Waals surface area (Å²) in [6, 6.07) is 13.8. The zero-order valence-electron chi connectivity index (χ0n) is 34.9. The number of amides is 2. The van der Waals surface area contributed by atoms with E-state index in [0.717, 1.165) is 22.3 Å². The Morgan fingerprint density at radius 2 is 1.30 bits per heavy atom. The number of terminal acetylenes is 1. The molecule has 12 heteroatoms.